The minimum absolute atomic E-state index is 0.0954. The molecule has 0 amide bonds. The summed E-state index contributed by atoms with van der Waals surface area (Å²) in [6.45, 7) is 6.10. The molecule has 0 radical (unpaired) electrons. The van der Waals surface area contributed by atoms with Gasteiger partial charge in [0.1, 0.15) is 5.75 Å². The summed E-state index contributed by atoms with van der Waals surface area (Å²) < 4.78 is 16.1. The van der Waals surface area contributed by atoms with Gasteiger partial charge in [-0.1, -0.05) is 18.2 Å². The molecule has 0 bridgehead atoms. The number of hydrogen-bond acceptors (Lipinski definition) is 5. The summed E-state index contributed by atoms with van der Waals surface area (Å²) in [6, 6.07) is 8.17. The monoisotopic (exact) mass is 296 g/mol. The Hall–Kier alpha value is -1.14. The van der Waals surface area contributed by atoms with E-state index < -0.39 is 0 Å². The van der Waals surface area contributed by atoms with Crippen LogP contribution in [0.5, 0.6) is 5.75 Å². The maximum atomic E-state index is 6.04. The molecule has 21 heavy (non-hydrogen) atoms. The third-order valence-electron chi connectivity index (χ3n) is 3.41. The van der Waals surface area contributed by atoms with Gasteiger partial charge in [-0.3, -0.25) is 4.90 Å². The van der Waals surface area contributed by atoms with Gasteiger partial charge >= 0.3 is 0 Å². The third-order valence-corrected chi connectivity index (χ3v) is 3.41. The van der Waals surface area contributed by atoms with Crippen molar-refractivity contribution < 1.29 is 14.2 Å². The smallest absolute Gasteiger partial charge is 0.124 e. The van der Waals surface area contributed by atoms with E-state index in [1.807, 2.05) is 25.1 Å². The topological polar surface area (TPSA) is 57.0 Å². The van der Waals surface area contributed by atoms with Crippen LogP contribution in [0.2, 0.25) is 0 Å². The van der Waals surface area contributed by atoms with Gasteiger partial charge in [-0.2, -0.15) is 0 Å². The highest BCUT2D eigenvalue weighted by Crippen LogP contribution is 2.28. The van der Waals surface area contributed by atoms with Crippen LogP contribution in [0.1, 0.15) is 18.5 Å². The van der Waals surface area contributed by atoms with E-state index in [0.717, 1.165) is 24.4 Å². The van der Waals surface area contributed by atoms with Crippen LogP contribution in [0.4, 0.5) is 0 Å². The molecule has 1 aromatic carbocycles. The number of rotatable bonds is 11. The average Bonchev–Trinajstić information content (AvgIpc) is 2.51. The Bertz CT molecular complexity index is 380. The lowest BCUT2D eigenvalue weighted by Crippen LogP contribution is -2.38. The molecule has 5 nitrogen and oxygen atoms in total. The van der Waals surface area contributed by atoms with Crippen LogP contribution < -0.4 is 10.5 Å². The van der Waals surface area contributed by atoms with Crippen molar-refractivity contribution in [1.82, 2.24) is 4.90 Å². The Morgan fingerprint density at radius 1 is 1.10 bits per heavy atom. The van der Waals surface area contributed by atoms with Gasteiger partial charge in [0.15, 0.2) is 0 Å². The molecule has 120 valence electrons. The zero-order chi connectivity index (χ0) is 15.5. The van der Waals surface area contributed by atoms with Crippen molar-refractivity contribution in [2.45, 2.75) is 13.0 Å². The van der Waals surface area contributed by atoms with E-state index >= 15 is 0 Å². The van der Waals surface area contributed by atoms with Gasteiger partial charge in [0.25, 0.3) is 0 Å². The van der Waals surface area contributed by atoms with Crippen molar-refractivity contribution in [2.24, 2.45) is 5.73 Å². The first kappa shape index (κ1) is 17.9. The van der Waals surface area contributed by atoms with Crippen LogP contribution in [0.3, 0.4) is 0 Å². The van der Waals surface area contributed by atoms with Gasteiger partial charge in [-0.15, -0.1) is 0 Å². The summed E-state index contributed by atoms with van der Waals surface area (Å²) in [4.78, 5) is 2.28. The van der Waals surface area contributed by atoms with Crippen molar-refractivity contribution in [3.63, 3.8) is 0 Å². The van der Waals surface area contributed by atoms with Crippen molar-refractivity contribution in [3.8, 4) is 5.75 Å². The first-order chi connectivity index (χ1) is 10.3. The fourth-order valence-electron chi connectivity index (χ4n) is 2.36. The number of ether oxygens (including phenoxy) is 3. The van der Waals surface area contributed by atoms with E-state index in [-0.39, 0.29) is 6.04 Å². The first-order valence-corrected chi connectivity index (χ1v) is 7.42. The second-order valence-corrected chi connectivity index (χ2v) is 4.74. The number of nitrogens with two attached hydrogens (primary N) is 1. The lowest BCUT2D eigenvalue weighted by molar-refractivity contribution is 0.0881. The molecule has 1 unspecified atom stereocenters. The maximum absolute atomic E-state index is 6.04. The van der Waals surface area contributed by atoms with E-state index in [1.165, 1.54) is 0 Å². The summed E-state index contributed by atoms with van der Waals surface area (Å²) >= 11 is 0. The van der Waals surface area contributed by atoms with Crippen LogP contribution >= 0.6 is 0 Å². The Kier molecular flexibility index (Phi) is 9.01. The van der Waals surface area contributed by atoms with Crippen LogP contribution in [-0.2, 0) is 9.47 Å². The Balaban J connectivity index is 2.94. The molecule has 0 spiro atoms. The highest BCUT2D eigenvalue weighted by atomic mass is 16.5. The quantitative estimate of drug-likeness (QED) is 0.673. The molecule has 0 aliphatic carbocycles. The summed E-state index contributed by atoms with van der Waals surface area (Å²) in [5, 5.41) is 0. The standard InChI is InChI=1S/C16H28N2O3/c1-4-21-16-8-6-5-7-14(16)15(13-17)18(9-11-19-2)10-12-20-3/h5-8,15H,4,9-13,17H2,1-3H3. The van der Waals surface area contributed by atoms with Crippen LogP contribution in [0.15, 0.2) is 24.3 Å². The van der Waals surface area contributed by atoms with Gasteiger partial charge in [-0.25, -0.2) is 0 Å². The summed E-state index contributed by atoms with van der Waals surface area (Å²) in [5.41, 5.74) is 7.15. The molecule has 1 atom stereocenters. The second kappa shape index (κ2) is 10.6. The third kappa shape index (κ3) is 5.63. The molecular weight excluding hydrogens is 268 g/mol. The number of nitrogens with zero attached hydrogens (tertiary/aromatic N) is 1. The lowest BCUT2D eigenvalue weighted by Gasteiger charge is -2.31. The molecule has 0 aliphatic heterocycles. The molecule has 0 saturated heterocycles. The minimum atomic E-state index is 0.0954. The van der Waals surface area contributed by atoms with Crippen molar-refractivity contribution in [1.29, 1.82) is 0 Å². The summed E-state index contributed by atoms with van der Waals surface area (Å²) in [5.74, 6) is 0.898. The Morgan fingerprint density at radius 2 is 1.71 bits per heavy atom. The van der Waals surface area contributed by atoms with Crippen LogP contribution in [0.25, 0.3) is 0 Å². The zero-order valence-corrected chi connectivity index (χ0v) is 13.4. The van der Waals surface area contributed by atoms with Crippen molar-refractivity contribution >= 4 is 0 Å². The first-order valence-electron chi connectivity index (χ1n) is 7.42. The number of methoxy groups -OCH3 is 2. The zero-order valence-electron chi connectivity index (χ0n) is 13.4. The fourth-order valence-corrected chi connectivity index (χ4v) is 2.36. The molecule has 1 rings (SSSR count). The predicted octanol–water partition coefficient (Wildman–Crippen LogP) is 1.68. The highest BCUT2D eigenvalue weighted by molar-refractivity contribution is 5.36. The molecule has 0 aromatic heterocycles. The van der Waals surface area contributed by atoms with Gasteiger partial charge in [0.05, 0.1) is 25.9 Å². The lowest BCUT2D eigenvalue weighted by atomic mass is 10.0. The maximum Gasteiger partial charge on any atom is 0.124 e. The van der Waals surface area contributed by atoms with Crippen molar-refractivity contribution in [3.05, 3.63) is 29.8 Å². The van der Waals surface area contributed by atoms with E-state index in [4.69, 9.17) is 19.9 Å². The highest BCUT2D eigenvalue weighted by Gasteiger charge is 2.21. The van der Waals surface area contributed by atoms with E-state index in [2.05, 4.69) is 11.0 Å². The number of benzene rings is 1. The minimum Gasteiger partial charge on any atom is -0.494 e. The molecular formula is C16H28N2O3. The molecule has 0 heterocycles. The number of para-hydroxylation sites is 1. The number of hydrogen-bond donors (Lipinski definition) is 1. The van der Waals surface area contributed by atoms with Crippen LogP contribution in [0, 0.1) is 0 Å². The summed E-state index contributed by atoms with van der Waals surface area (Å²) in [7, 11) is 3.42. The molecule has 2 N–H and O–H groups in total. The van der Waals surface area contributed by atoms with Gasteiger partial charge in [0, 0.05) is 39.4 Å². The Labute approximate surface area is 128 Å². The van der Waals surface area contributed by atoms with Gasteiger partial charge in [-0.05, 0) is 13.0 Å². The van der Waals surface area contributed by atoms with E-state index in [1.54, 1.807) is 14.2 Å². The average molecular weight is 296 g/mol. The largest absolute Gasteiger partial charge is 0.494 e. The Morgan fingerprint density at radius 3 is 2.24 bits per heavy atom. The van der Waals surface area contributed by atoms with Gasteiger partial charge < -0.3 is 19.9 Å². The molecule has 0 fully saturated rings. The van der Waals surface area contributed by atoms with Gasteiger partial charge in [0.2, 0.25) is 0 Å². The van der Waals surface area contributed by atoms with E-state index in [0.29, 0.717) is 26.4 Å². The van der Waals surface area contributed by atoms with E-state index in [9.17, 15) is 0 Å². The normalized spacial score (nSPS) is 12.6. The predicted molar refractivity (Wildman–Crippen MR) is 84.7 cm³/mol. The van der Waals surface area contributed by atoms with Crippen molar-refractivity contribution in [2.75, 3.05) is 53.7 Å². The molecule has 5 heteroatoms. The molecule has 0 aliphatic rings. The molecule has 1 aromatic rings. The van der Waals surface area contributed by atoms with Crippen LogP contribution in [-0.4, -0.2) is 58.6 Å². The second-order valence-electron chi connectivity index (χ2n) is 4.74. The summed E-state index contributed by atoms with van der Waals surface area (Å²) in [6.07, 6.45) is 0. The SMILES string of the molecule is CCOc1ccccc1C(CN)N(CCOC)CCOC. The fraction of sp³-hybridized carbons (Fsp3) is 0.625. The molecule has 0 saturated carbocycles.